The van der Waals surface area contributed by atoms with Gasteiger partial charge in [0.1, 0.15) is 0 Å². The summed E-state index contributed by atoms with van der Waals surface area (Å²) >= 11 is 0. The number of hydrogen-bond donors (Lipinski definition) is 0. The van der Waals surface area contributed by atoms with Gasteiger partial charge >= 0.3 is 0 Å². The maximum Gasteiger partial charge on any atom is 0.236 e. The average molecular weight is 336 g/mol. The molecule has 0 aliphatic carbocycles. The fraction of sp³-hybridized carbons (Fsp3) is 0.471. The lowest BCUT2D eigenvalue weighted by atomic mass is 9.98. The van der Waals surface area contributed by atoms with Gasteiger partial charge in [-0.2, -0.15) is 4.31 Å². The van der Waals surface area contributed by atoms with Gasteiger partial charge in [0, 0.05) is 32.6 Å². The molecule has 1 aliphatic rings. The Balaban J connectivity index is 2.09. The third kappa shape index (κ3) is 4.65. The smallest absolute Gasteiger partial charge is 0.236 e. The highest BCUT2D eigenvalue weighted by atomic mass is 32.2. The van der Waals surface area contributed by atoms with E-state index in [0.29, 0.717) is 13.0 Å². The van der Waals surface area contributed by atoms with Crippen molar-refractivity contribution in [1.29, 1.82) is 0 Å². The second-order valence-corrected chi connectivity index (χ2v) is 8.01. The van der Waals surface area contributed by atoms with Gasteiger partial charge in [0.05, 0.1) is 5.92 Å². The van der Waals surface area contributed by atoms with E-state index >= 15 is 0 Å². The summed E-state index contributed by atoms with van der Waals surface area (Å²) in [6.45, 7) is 2.72. The second kappa shape index (κ2) is 7.27. The van der Waals surface area contributed by atoms with Crippen molar-refractivity contribution in [1.82, 2.24) is 9.21 Å². The number of aryl methyl sites for hydroxylation is 1. The number of nitrogens with zero attached hydrogens (tertiary/aromatic N) is 2. The molecule has 0 aromatic heterocycles. The zero-order chi connectivity index (χ0) is 17.0. The molecule has 0 saturated carbocycles. The highest BCUT2D eigenvalue weighted by molar-refractivity contribution is 7.92. The molecule has 1 heterocycles. The largest absolute Gasteiger partial charge is 0.349 e. The first kappa shape index (κ1) is 17.7. The van der Waals surface area contributed by atoms with Crippen LogP contribution in [0, 0.1) is 12.8 Å². The van der Waals surface area contributed by atoms with Crippen LogP contribution >= 0.6 is 0 Å². The molecule has 2 rings (SSSR count). The first-order valence-corrected chi connectivity index (χ1v) is 9.26. The monoisotopic (exact) mass is 336 g/mol. The van der Waals surface area contributed by atoms with Crippen LogP contribution in [-0.2, 0) is 14.8 Å². The van der Waals surface area contributed by atoms with Crippen molar-refractivity contribution in [2.24, 2.45) is 5.92 Å². The molecule has 1 aromatic carbocycles. The number of sulfonamides is 1. The highest BCUT2D eigenvalue weighted by Gasteiger charge is 2.31. The molecule has 6 heteroatoms. The van der Waals surface area contributed by atoms with Gasteiger partial charge in [0.15, 0.2) is 0 Å². The first-order valence-electron chi connectivity index (χ1n) is 7.75. The summed E-state index contributed by atoms with van der Waals surface area (Å²) in [4.78, 5) is 13.6. The van der Waals surface area contributed by atoms with Crippen LogP contribution in [0.1, 0.15) is 24.0 Å². The Morgan fingerprint density at radius 1 is 1.26 bits per heavy atom. The molecular formula is C17H24N2O3S. The minimum Gasteiger partial charge on any atom is -0.349 e. The molecule has 0 spiro atoms. The van der Waals surface area contributed by atoms with Crippen LogP contribution in [0.25, 0.3) is 6.08 Å². The first-order chi connectivity index (χ1) is 10.8. The second-order valence-electron chi connectivity index (χ2n) is 6.19. The predicted molar refractivity (Wildman–Crippen MR) is 92.1 cm³/mol. The average Bonchev–Trinajstić information content (AvgIpc) is 2.53. The lowest BCUT2D eigenvalue weighted by Crippen LogP contribution is -2.44. The van der Waals surface area contributed by atoms with E-state index in [2.05, 4.69) is 0 Å². The van der Waals surface area contributed by atoms with Crippen molar-refractivity contribution in [2.45, 2.75) is 19.8 Å². The van der Waals surface area contributed by atoms with E-state index in [0.717, 1.165) is 17.5 Å². The van der Waals surface area contributed by atoms with Crippen LogP contribution < -0.4 is 0 Å². The summed E-state index contributed by atoms with van der Waals surface area (Å²) in [7, 11) is -0.0988. The lowest BCUT2D eigenvalue weighted by molar-refractivity contribution is -0.134. The third-order valence-corrected chi connectivity index (χ3v) is 5.58. The van der Waals surface area contributed by atoms with Gasteiger partial charge in [-0.05, 0) is 31.4 Å². The molecule has 1 aromatic rings. The number of rotatable bonds is 4. The minimum atomic E-state index is -3.50. The summed E-state index contributed by atoms with van der Waals surface area (Å²) in [5.74, 6) is -0.256. The Bertz CT molecular complexity index is 678. The molecule has 0 unspecified atom stereocenters. The summed E-state index contributed by atoms with van der Waals surface area (Å²) < 4.78 is 26.4. The van der Waals surface area contributed by atoms with Crippen molar-refractivity contribution >= 4 is 22.0 Å². The Morgan fingerprint density at radius 2 is 1.91 bits per heavy atom. The standard InChI is InChI=1S/C17H24N2O3S/c1-14-6-8-15(9-7-14)10-12-23(21,22)19-11-4-5-16(13-19)17(20)18(2)3/h6-10,12,16H,4-5,11,13H2,1-3H3/b12-10-/t16-/m0/s1. The molecule has 23 heavy (non-hydrogen) atoms. The minimum absolute atomic E-state index is 0.00702. The molecule has 0 N–H and O–H groups in total. The number of amides is 1. The predicted octanol–water partition coefficient (Wildman–Crippen LogP) is 2.10. The fourth-order valence-electron chi connectivity index (χ4n) is 2.67. The number of benzene rings is 1. The molecule has 0 radical (unpaired) electrons. The van der Waals surface area contributed by atoms with Crippen LogP contribution in [0.3, 0.4) is 0 Å². The molecule has 1 fully saturated rings. The van der Waals surface area contributed by atoms with Crippen molar-refractivity contribution in [3.8, 4) is 0 Å². The fourth-order valence-corrected chi connectivity index (χ4v) is 3.94. The van der Waals surface area contributed by atoms with Gasteiger partial charge in [-0.15, -0.1) is 0 Å². The number of hydrogen-bond acceptors (Lipinski definition) is 3. The highest BCUT2D eigenvalue weighted by Crippen LogP contribution is 2.21. The van der Waals surface area contributed by atoms with E-state index in [4.69, 9.17) is 0 Å². The van der Waals surface area contributed by atoms with E-state index in [-0.39, 0.29) is 18.4 Å². The Morgan fingerprint density at radius 3 is 2.52 bits per heavy atom. The summed E-state index contributed by atoms with van der Waals surface area (Å²) in [5.41, 5.74) is 1.98. The quantitative estimate of drug-likeness (QED) is 0.846. The topological polar surface area (TPSA) is 57.7 Å². The zero-order valence-electron chi connectivity index (χ0n) is 13.9. The van der Waals surface area contributed by atoms with Gasteiger partial charge < -0.3 is 4.90 Å². The van der Waals surface area contributed by atoms with E-state index in [1.54, 1.807) is 20.2 Å². The van der Waals surface area contributed by atoms with Gasteiger partial charge in [-0.3, -0.25) is 4.79 Å². The van der Waals surface area contributed by atoms with Gasteiger partial charge in [0.2, 0.25) is 15.9 Å². The van der Waals surface area contributed by atoms with Crippen LogP contribution in [0.5, 0.6) is 0 Å². The normalized spacial score (nSPS) is 19.9. The van der Waals surface area contributed by atoms with Crippen LogP contribution in [-0.4, -0.2) is 50.7 Å². The number of carbonyl (C=O) groups is 1. The third-order valence-electron chi connectivity index (χ3n) is 4.04. The van der Waals surface area contributed by atoms with E-state index < -0.39 is 10.0 Å². The molecule has 1 amide bonds. The van der Waals surface area contributed by atoms with Gasteiger partial charge in [-0.25, -0.2) is 8.42 Å². The van der Waals surface area contributed by atoms with Crippen molar-refractivity contribution in [3.63, 3.8) is 0 Å². The van der Waals surface area contributed by atoms with Crippen LogP contribution in [0.2, 0.25) is 0 Å². The molecule has 5 nitrogen and oxygen atoms in total. The SMILES string of the molecule is Cc1ccc(/C=C\S(=O)(=O)N2CCC[C@H](C(=O)N(C)C)C2)cc1. The summed E-state index contributed by atoms with van der Waals surface area (Å²) in [6, 6.07) is 7.66. The maximum absolute atomic E-state index is 12.5. The number of carbonyl (C=O) groups excluding carboxylic acids is 1. The van der Waals surface area contributed by atoms with E-state index in [1.165, 1.54) is 14.6 Å². The molecule has 0 bridgehead atoms. The Hall–Kier alpha value is -1.66. The van der Waals surface area contributed by atoms with Crippen molar-refractivity contribution < 1.29 is 13.2 Å². The summed E-state index contributed by atoms with van der Waals surface area (Å²) in [5, 5.41) is 1.24. The maximum atomic E-state index is 12.5. The molecule has 1 atom stereocenters. The lowest BCUT2D eigenvalue weighted by Gasteiger charge is -2.31. The zero-order valence-corrected chi connectivity index (χ0v) is 14.7. The Kier molecular flexibility index (Phi) is 5.59. The van der Waals surface area contributed by atoms with Gasteiger partial charge in [-0.1, -0.05) is 29.8 Å². The van der Waals surface area contributed by atoms with Crippen molar-refractivity contribution in [3.05, 3.63) is 40.8 Å². The molecule has 126 valence electrons. The van der Waals surface area contributed by atoms with E-state index in [1.807, 2.05) is 31.2 Å². The Labute approximate surface area is 138 Å². The molecular weight excluding hydrogens is 312 g/mol. The van der Waals surface area contributed by atoms with Crippen molar-refractivity contribution in [2.75, 3.05) is 27.2 Å². The van der Waals surface area contributed by atoms with Gasteiger partial charge in [0.25, 0.3) is 0 Å². The van der Waals surface area contributed by atoms with Crippen LogP contribution in [0.4, 0.5) is 0 Å². The molecule has 1 saturated heterocycles. The summed E-state index contributed by atoms with van der Waals surface area (Å²) in [6.07, 6.45) is 3.05. The number of piperidine rings is 1. The molecule has 1 aliphatic heterocycles. The van der Waals surface area contributed by atoms with Crippen LogP contribution in [0.15, 0.2) is 29.7 Å². The van der Waals surface area contributed by atoms with E-state index in [9.17, 15) is 13.2 Å².